The fraction of sp³-hybridized carbons (Fsp3) is 0.133. The van der Waals surface area contributed by atoms with Gasteiger partial charge in [-0.05, 0) is 68.0 Å². The van der Waals surface area contributed by atoms with E-state index in [0.717, 1.165) is 22.9 Å². The minimum absolute atomic E-state index is 0.0815. The van der Waals surface area contributed by atoms with Crippen molar-refractivity contribution in [3.8, 4) is 22.9 Å². The number of aryl methyl sites for hydroxylation is 1. The van der Waals surface area contributed by atoms with E-state index in [9.17, 15) is 19.6 Å². The molecular formula is C30H27FN6O2S. The number of nitrogens with zero attached hydrogens (tertiary/aromatic N) is 4. The van der Waals surface area contributed by atoms with Gasteiger partial charge in [0.1, 0.15) is 10.6 Å². The first-order valence-electron chi connectivity index (χ1n) is 12.3. The molecule has 2 aromatic heterocycles. The van der Waals surface area contributed by atoms with Gasteiger partial charge in [0.15, 0.2) is 5.75 Å². The molecule has 8 nitrogen and oxygen atoms in total. The fourth-order valence-corrected chi connectivity index (χ4v) is 5.08. The van der Waals surface area contributed by atoms with E-state index in [1.807, 2.05) is 37.3 Å². The Balaban J connectivity index is 1.81. The first-order chi connectivity index (χ1) is 19.3. The Labute approximate surface area is 235 Å². The van der Waals surface area contributed by atoms with Gasteiger partial charge in [0.05, 0.1) is 23.0 Å². The second-order valence-corrected chi connectivity index (χ2v) is 9.77. The smallest absolute Gasteiger partial charge is 0.266 e. The number of nitrogens with two attached hydrogens (primary N) is 1. The van der Waals surface area contributed by atoms with Gasteiger partial charge in [0, 0.05) is 41.6 Å². The molecule has 40 heavy (non-hydrogen) atoms. The van der Waals surface area contributed by atoms with E-state index < -0.39 is 11.5 Å². The average Bonchev–Trinajstić information content (AvgIpc) is 2.96. The zero-order valence-corrected chi connectivity index (χ0v) is 23.0. The highest BCUT2D eigenvalue weighted by Crippen LogP contribution is 2.43. The summed E-state index contributed by atoms with van der Waals surface area (Å²) in [5.41, 5.74) is 9.81. The third kappa shape index (κ3) is 5.90. The van der Waals surface area contributed by atoms with Crippen molar-refractivity contribution in [3.05, 3.63) is 100.0 Å². The Morgan fingerprint density at radius 3 is 2.65 bits per heavy atom. The van der Waals surface area contributed by atoms with Gasteiger partial charge in [-0.1, -0.05) is 30.0 Å². The number of benzene rings is 2. The number of aromatic hydroxyl groups is 1. The third-order valence-electron chi connectivity index (χ3n) is 6.12. The molecule has 10 heteroatoms. The Morgan fingerprint density at radius 1 is 1.25 bits per heavy atom. The molecule has 0 radical (unpaired) electrons. The van der Waals surface area contributed by atoms with Crippen molar-refractivity contribution < 1.29 is 9.50 Å². The number of aliphatic imine (C=N–C) groups is 1. The summed E-state index contributed by atoms with van der Waals surface area (Å²) in [6.45, 7) is 4.03. The van der Waals surface area contributed by atoms with E-state index in [4.69, 9.17) is 5.73 Å². The molecule has 0 amide bonds. The van der Waals surface area contributed by atoms with Gasteiger partial charge in [0.2, 0.25) is 5.95 Å². The molecule has 0 saturated carbocycles. The van der Waals surface area contributed by atoms with Crippen LogP contribution in [0, 0.1) is 24.2 Å². The van der Waals surface area contributed by atoms with Crippen LogP contribution in [0.1, 0.15) is 23.9 Å². The summed E-state index contributed by atoms with van der Waals surface area (Å²) in [6, 6.07) is 19.4. The van der Waals surface area contributed by atoms with Crippen molar-refractivity contribution in [1.82, 2.24) is 9.97 Å². The van der Waals surface area contributed by atoms with Crippen LogP contribution in [0.4, 0.5) is 15.8 Å². The van der Waals surface area contributed by atoms with E-state index in [0.29, 0.717) is 34.1 Å². The van der Waals surface area contributed by atoms with Gasteiger partial charge >= 0.3 is 0 Å². The highest BCUT2D eigenvalue weighted by atomic mass is 32.2. The average molecular weight is 555 g/mol. The van der Waals surface area contributed by atoms with E-state index in [2.05, 4.69) is 21.0 Å². The van der Waals surface area contributed by atoms with Crippen molar-refractivity contribution in [3.63, 3.8) is 0 Å². The van der Waals surface area contributed by atoms with Crippen LogP contribution in [0.5, 0.6) is 5.75 Å². The lowest BCUT2D eigenvalue weighted by atomic mass is 10.1. The number of nitrogens with one attached hydrogen (secondary N) is 1. The molecule has 0 aliphatic heterocycles. The fourth-order valence-electron chi connectivity index (χ4n) is 4.24. The lowest BCUT2D eigenvalue weighted by Crippen LogP contribution is -2.23. The Morgan fingerprint density at radius 2 is 2.00 bits per heavy atom. The van der Waals surface area contributed by atoms with Gasteiger partial charge in [-0.15, -0.1) is 0 Å². The summed E-state index contributed by atoms with van der Waals surface area (Å²) in [5.74, 6) is -0.791. The van der Waals surface area contributed by atoms with Gasteiger partial charge in [-0.3, -0.25) is 9.79 Å². The number of halogens is 1. The van der Waals surface area contributed by atoms with E-state index in [1.165, 1.54) is 18.4 Å². The van der Waals surface area contributed by atoms with Crippen LogP contribution in [0.3, 0.4) is 0 Å². The molecule has 2 aromatic carbocycles. The second-order valence-electron chi connectivity index (χ2n) is 8.68. The zero-order chi connectivity index (χ0) is 28.8. The van der Waals surface area contributed by atoms with Crippen LogP contribution in [0.2, 0.25) is 0 Å². The number of aromatic nitrogens is 2. The molecule has 0 spiro atoms. The number of anilines is 2. The van der Waals surface area contributed by atoms with Crippen LogP contribution in [0.25, 0.3) is 16.8 Å². The normalized spacial score (nSPS) is 11.5. The summed E-state index contributed by atoms with van der Waals surface area (Å²) in [6.07, 6.45) is 3.02. The molecule has 4 N–H and O–H groups in total. The molecule has 2 heterocycles. The van der Waals surface area contributed by atoms with Crippen molar-refractivity contribution >= 4 is 35.0 Å². The van der Waals surface area contributed by atoms with Crippen LogP contribution < -0.4 is 16.2 Å². The quantitative estimate of drug-likeness (QED) is 0.186. The van der Waals surface area contributed by atoms with E-state index >= 15 is 0 Å². The molecule has 0 atom stereocenters. The maximum absolute atomic E-state index is 13.4. The highest BCUT2D eigenvalue weighted by Gasteiger charge is 2.24. The topological polar surface area (TPSA) is 131 Å². The highest BCUT2D eigenvalue weighted by molar-refractivity contribution is 7.99. The van der Waals surface area contributed by atoms with Crippen molar-refractivity contribution in [1.29, 1.82) is 5.26 Å². The molecule has 0 aliphatic carbocycles. The number of nitriles is 1. The minimum atomic E-state index is -0.541. The SMILES string of the molecule is CCN(c1cccc(C#N)c1)c1c(C(N)=CC=NC)[nH]c(=O)c(Sc2ccc(-c3ccc(F)nc3C)cc2)c1O. The number of pyridine rings is 2. The molecule has 0 saturated heterocycles. The van der Waals surface area contributed by atoms with Crippen molar-refractivity contribution in [2.24, 2.45) is 10.7 Å². The Hall–Kier alpha value is -4.88. The summed E-state index contributed by atoms with van der Waals surface area (Å²) in [7, 11) is 1.59. The van der Waals surface area contributed by atoms with E-state index in [1.54, 1.807) is 43.1 Å². The maximum atomic E-state index is 13.4. The first-order valence-corrected chi connectivity index (χ1v) is 13.2. The molecule has 0 fully saturated rings. The summed E-state index contributed by atoms with van der Waals surface area (Å²) >= 11 is 1.10. The largest absolute Gasteiger partial charge is 0.504 e. The number of hydrogen-bond acceptors (Lipinski definition) is 8. The van der Waals surface area contributed by atoms with Gasteiger partial charge in [-0.25, -0.2) is 4.98 Å². The molecule has 0 unspecified atom stereocenters. The number of H-pyrrole nitrogens is 1. The Bertz CT molecular complexity index is 1710. The number of rotatable bonds is 8. The van der Waals surface area contributed by atoms with Crippen molar-refractivity contribution in [2.75, 3.05) is 18.5 Å². The van der Waals surface area contributed by atoms with Crippen LogP contribution >= 0.6 is 11.8 Å². The van der Waals surface area contributed by atoms with Gasteiger partial charge < -0.3 is 20.7 Å². The molecule has 4 rings (SSSR count). The molecular weight excluding hydrogens is 527 g/mol. The molecule has 202 valence electrons. The molecule has 0 bridgehead atoms. The third-order valence-corrected chi connectivity index (χ3v) is 7.21. The minimum Gasteiger partial charge on any atom is -0.504 e. The molecule has 0 aliphatic rings. The monoisotopic (exact) mass is 554 g/mol. The summed E-state index contributed by atoms with van der Waals surface area (Å²) in [5, 5.41) is 21.0. The zero-order valence-electron chi connectivity index (χ0n) is 22.1. The van der Waals surface area contributed by atoms with Gasteiger partial charge in [0.25, 0.3) is 5.56 Å². The predicted molar refractivity (Wildman–Crippen MR) is 158 cm³/mol. The lowest BCUT2D eigenvalue weighted by molar-refractivity contribution is 0.459. The second kappa shape index (κ2) is 12.3. The van der Waals surface area contributed by atoms with Gasteiger partial charge in [-0.2, -0.15) is 9.65 Å². The summed E-state index contributed by atoms with van der Waals surface area (Å²) < 4.78 is 13.4. The lowest BCUT2D eigenvalue weighted by Gasteiger charge is -2.27. The first kappa shape index (κ1) is 28.1. The molecule has 4 aromatic rings. The van der Waals surface area contributed by atoms with Crippen LogP contribution in [0.15, 0.2) is 86.3 Å². The summed E-state index contributed by atoms with van der Waals surface area (Å²) in [4.78, 5) is 26.4. The standard InChI is InChI=1S/C30H27FN6O2S/c1-4-37(21-7-5-6-19(16-21)17-32)27-26(24(33)14-15-34-3)36-30(39)29(28(27)38)40-22-10-8-20(9-11-22)23-12-13-25(31)35-18(23)2/h5-16H,4,33H2,1-3H3,(H2,36,38,39). The van der Waals surface area contributed by atoms with E-state index in [-0.39, 0.29) is 22.0 Å². The maximum Gasteiger partial charge on any atom is 0.266 e. The van der Waals surface area contributed by atoms with Crippen LogP contribution in [-0.4, -0.2) is 34.9 Å². The number of hydrogen-bond donors (Lipinski definition) is 3. The Kier molecular flexibility index (Phi) is 8.67. The number of allylic oxidation sites excluding steroid dienone is 1. The van der Waals surface area contributed by atoms with Crippen LogP contribution in [-0.2, 0) is 0 Å². The predicted octanol–water partition coefficient (Wildman–Crippen LogP) is 5.77. The van der Waals surface area contributed by atoms with Crippen molar-refractivity contribution in [2.45, 2.75) is 23.6 Å². The number of aromatic amines is 1.